The number of aliphatic hydroxyl groups is 1. The van der Waals surface area contributed by atoms with Crippen molar-refractivity contribution in [2.45, 2.75) is 32.7 Å². The molecule has 4 heteroatoms. The van der Waals surface area contributed by atoms with Crippen LogP contribution in [-0.2, 0) is 19.4 Å². The summed E-state index contributed by atoms with van der Waals surface area (Å²) in [6.07, 6.45) is 2.72. The fourth-order valence-electron chi connectivity index (χ4n) is 2.63. The van der Waals surface area contributed by atoms with E-state index in [2.05, 4.69) is 41.3 Å². The molecule has 0 radical (unpaired) electrons. The summed E-state index contributed by atoms with van der Waals surface area (Å²) in [4.78, 5) is 4.63. The van der Waals surface area contributed by atoms with Gasteiger partial charge in [0.05, 0.1) is 0 Å². The van der Waals surface area contributed by atoms with Crippen LogP contribution in [0.4, 0.5) is 0 Å². The largest absolute Gasteiger partial charge is 0.396 e. The SMILES string of the molecule is Cc1ccccc1Cc1nc2n(n1)CC(CO)CC2. The number of benzene rings is 1. The second-order valence-corrected chi connectivity index (χ2v) is 5.32. The van der Waals surface area contributed by atoms with Crippen LogP contribution < -0.4 is 0 Å². The molecule has 2 heterocycles. The highest BCUT2D eigenvalue weighted by molar-refractivity contribution is 5.28. The van der Waals surface area contributed by atoms with Crippen molar-refractivity contribution in [3.05, 3.63) is 47.0 Å². The van der Waals surface area contributed by atoms with E-state index in [1.165, 1.54) is 11.1 Å². The second-order valence-electron chi connectivity index (χ2n) is 5.32. The molecule has 4 nitrogen and oxygen atoms in total. The summed E-state index contributed by atoms with van der Waals surface area (Å²) < 4.78 is 1.97. The van der Waals surface area contributed by atoms with Crippen molar-refractivity contribution in [1.82, 2.24) is 14.8 Å². The van der Waals surface area contributed by atoms with Gasteiger partial charge in [-0.25, -0.2) is 9.67 Å². The molecule has 3 rings (SSSR count). The third-order valence-electron chi connectivity index (χ3n) is 3.87. The Morgan fingerprint density at radius 1 is 1.37 bits per heavy atom. The van der Waals surface area contributed by atoms with Gasteiger partial charge >= 0.3 is 0 Å². The molecule has 0 amide bonds. The molecule has 2 aromatic rings. The third-order valence-corrected chi connectivity index (χ3v) is 3.87. The summed E-state index contributed by atoms with van der Waals surface area (Å²) in [5.74, 6) is 2.29. The average Bonchev–Trinajstić information content (AvgIpc) is 2.82. The lowest BCUT2D eigenvalue weighted by Crippen LogP contribution is -2.23. The van der Waals surface area contributed by atoms with E-state index in [-0.39, 0.29) is 6.61 Å². The zero-order valence-corrected chi connectivity index (χ0v) is 11.2. The summed E-state index contributed by atoms with van der Waals surface area (Å²) in [5, 5.41) is 13.8. The summed E-state index contributed by atoms with van der Waals surface area (Å²) in [5.41, 5.74) is 2.56. The number of aryl methyl sites for hydroxylation is 2. The maximum Gasteiger partial charge on any atom is 0.155 e. The van der Waals surface area contributed by atoms with Crippen LogP contribution in [0.3, 0.4) is 0 Å². The first kappa shape index (κ1) is 12.4. The van der Waals surface area contributed by atoms with Crippen molar-refractivity contribution < 1.29 is 5.11 Å². The lowest BCUT2D eigenvalue weighted by molar-refractivity contribution is 0.185. The first-order valence-electron chi connectivity index (χ1n) is 6.84. The van der Waals surface area contributed by atoms with E-state index in [4.69, 9.17) is 0 Å². The summed E-state index contributed by atoms with van der Waals surface area (Å²) in [7, 11) is 0. The van der Waals surface area contributed by atoms with Gasteiger partial charge in [-0.15, -0.1) is 0 Å². The molecule has 1 aliphatic heterocycles. The number of hydrogen-bond acceptors (Lipinski definition) is 3. The summed E-state index contributed by atoms with van der Waals surface area (Å²) in [6.45, 7) is 3.16. The van der Waals surface area contributed by atoms with Gasteiger partial charge in [0.15, 0.2) is 5.82 Å². The average molecular weight is 257 g/mol. The second kappa shape index (κ2) is 5.13. The smallest absolute Gasteiger partial charge is 0.155 e. The normalized spacial score (nSPS) is 18.3. The van der Waals surface area contributed by atoms with Crippen LogP contribution in [0.2, 0.25) is 0 Å². The Labute approximate surface area is 113 Å². The highest BCUT2D eigenvalue weighted by atomic mass is 16.3. The number of rotatable bonds is 3. The van der Waals surface area contributed by atoms with Crippen LogP contribution in [0.5, 0.6) is 0 Å². The summed E-state index contributed by atoms with van der Waals surface area (Å²) >= 11 is 0. The van der Waals surface area contributed by atoms with Gasteiger partial charge in [-0.3, -0.25) is 0 Å². The molecule has 1 aromatic heterocycles. The van der Waals surface area contributed by atoms with Crippen LogP contribution in [-0.4, -0.2) is 26.5 Å². The molecule has 1 aromatic carbocycles. The van der Waals surface area contributed by atoms with E-state index in [0.717, 1.165) is 37.5 Å². The van der Waals surface area contributed by atoms with Gasteiger partial charge < -0.3 is 5.11 Å². The molecule has 0 fully saturated rings. The van der Waals surface area contributed by atoms with E-state index in [9.17, 15) is 5.11 Å². The zero-order chi connectivity index (χ0) is 13.2. The maximum atomic E-state index is 9.23. The van der Waals surface area contributed by atoms with Gasteiger partial charge in [0.2, 0.25) is 0 Å². The van der Waals surface area contributed by atoms with Gasteiger partial charge in [0, 0.05) is 31.9 Å². The maximum absolute atomic E-state index is 9.23. The van der Waals surface area contributed by atoms with Crippen molar-refractivity contribution in [2.75, 3.05) is 6.61 Å². The predicted octanol–water partition coefficient (Wildman–Crippen LogP) is 1.73. The van der Waals surface area contributed by atoms with Gasteiger partial charge in [-0.2, -0.15) is 5.10 Å². The Balaban J connectivity index is 1.80. The molecule has 0 saturated carbocycles. The molecule has 1 atom stereocenters. The van der Waals surface area contributed by atoms with Crippen LogP contribution in [0.1, 0.15) is 29.2 Å². The Morgan fingerprint density at radius 2 is 2.21 bits per heavy atom. The van der Waals surface area contributed by atoms with Crippen LogP contribution in [0.25, 0.3) is 0 Å². The number of hydrogen-bond donors (Lipinski definition) is 1. The Bertz CT molecular complexity index is 577. The zero-order valence-electron chi connectivity index (χ0n) is 11.2. The Hall–Kier alpha value is -1.68. The monoisotopic (exact) mass is 257 g/mol. The topological polar surface area (TPSA) is 50.9 Å². The molecule has 1 unspecified atom stereocenters. The lowest BCUT2D eigenvalue weighted by Gasteiger charge is -2.19. The van der Waals surface area contributed by atoms with E-state index >= 15 is 0 Å². The number of aromatic nitrogens is 3. The number of nitrogens with zero attached hydrogens (tertiary/aromatic N) is 3. The van der Waals surface area contributed by atoms with Gasteiger partial charge in [-0.1, -0.05) is 24.3 Å². The van der Waals surface area contributed by atoms with Crippen molar-refractivity contribution in [3.8, 4) is 0 Å². The van der Waals surface area contributed by atoms with Gasteiger partial charge in [-0.05, 0) is 24.5 Å². The standard InChI is InChI=1S/C15H19N3O/c1-11-4-2-3-5-13(11)8-14-16-15-7-6-12(10-19)9-18(15)17-14/h2-5,12,19H,6-10H2,1H3. The third kappa shape index (κ3) is 2.54. The molecule has 1 aliphatic rings. The van der Waals surface area contributed by atoms with E-state index in [1.54, 1.807) is 0 Å². The minimum atomic E-state index is 0.242. The molecule has 0 spiro atoms. The first-order valence-corrected chi connectivity index (χ1v) is 6.84. The fourth-order valence-corrected chi connectivity index (χ4v) is 2.63. The number of aliphatic hydroxyl groups excluding tert-OH is 1. The van der Waals surface area contributed by atoms with Crippen LogP contribution in [0, 0.1) is 12.8 Å². The van der Waals surface area contributed by atoms with Crippen molar-refractivity contribution in [3.63, 3.8) is 0 Å². The molecule has 0 aliphatic carbocycles. The van der Waals surface area contributed by atoms with E-state index in [0.29, 0.717) is 5.92 Å². The number of fused-ring (bicyclic) bond motifs is 1. The quantitative estimate of drug-likeness (QED) is 0.911. The molecule has 100 valence electrons. The van der Waals surface area contributed by atoms with Crippen molar-refractivity contribution >= 4 is 0 Å². The minimum Gasteiger partial charge on any atom is -0.396 e. The highest BCUT2D eigenvalue weighted by Crippen LogP contribution is 2.19. The molecular weight excluding hydrogens is 238 g/mol. The van der Waals surface area contributed by atoms with Crippen molar-refractivity contribution in [1.29, 1.82) is 0 Å². The predicted molar refractivity (Wildman–Crippen MR) is 72.9 cm³/mol. The Morgan fingerprint density at radius 3 is 3.00 bits per heavy atom. The van der Waals surface area contributed by atoms with Crippen LogP contribution >= 0.6 is 0 Å². The van der Waals surface area contributed by atoms with Crippen molar-refractivity contribution in [2.24, 2.45) is 5.92 Å². The molecule has 1 N–H and O–H groups in total. The molecule has 19 heavy (non-hydrogen) atoms. The Kier molecular flexibility index (Phi) is 3.34. The lowest BCUT2D eigenvalue weighted by atomic mass is 10.0. The molecular formula is C15H19N3O. The van der Waals surface area contributed by atoms with E-state index in [1.807, 2.05) is 4.68 Å². The minimum absolute atomic E-state index is 0.242. The first-order chi connectivity index (χ1) is 9.26. The van der Waals surface area contributed by atoms with E-state index < -0.39 is 0 Å². The fraction of sp³-hybridized carbons (Fsp3) is 0.467. The summed E-state index contributed by atoms with van der Waals surface area (Å²) in [6, 6.07) is 8.36. The highest BCUT2D eigenvalue weighted by Gasteiger charge is 2.21. The molecule has 0 bridgehead atoms. The van der Waals surface area contributed by atoms with Gasteiger partial charge in [0.25, 0.3) is 0 Å². The van der Waals surface area contributed by atoms with Crippen LogP contribution in [0.15, 0.2) is 24.3 Å². The molecule has 0 saturated heterocycles. The van der Waals surface area contributed by atoms with Gasteiger partial charge in [0.1, 0.15) is 5.82 Å².